The number of hydrogen-bond donors (Lipinski definition) is 2. The summed E-state index contributed by atoms with van der Waals surface area (Å²) in [6, 6.07) is 4.38. The predicted molar refractivity (Wildman–Crippen MR) is 85.9 cm³/mol. The minimum atomic E-state index is -3.49. The number of aryl methyl sites for hydroxylation is 2. The normalized spacial score (nSPS) is 16.2. The highest BCUT2D eigenvalue weighted by Gasteiger charge is 2.25. The van der Waals surface area contributed by atoms with Crippen molar-refractivity contribution in [2.75, 3.05) is 0 Å². The molecule has 0 unspecified atom stereocenters. The summed E-state index contributed by atoms with van der Waals surface area (Å²) in [5, 5.41) is 3.44. The summed E-state index contributed by atoms with van der Waals surface area (Å²) in [6.45, 7) is 10.2. The Hall–Kier alpha value is -0.910. The minimum absolute atomic E-state index is 0.385. The Morgan fingerprint density at radius 2 is 1.76 bits per heavy atom. The van der Waals surface area contributed by atoms with Gasteiger partial charge < -0.3 is 5.32 Å². The average molecular weight is 310 g/mol. The molecule has 118 valence electrons. The van der Waals surface area contributed by atoms with Crippen molar-refractivity contribution in [1.29, 1.82) is 0 Å². The highest BCUT2D eigenvalue weighted by atomic mass is 32.2. The Bertz CT molecular complexity index is 626. The van der Waals surface area contributed by atoms with Crippen LogP contribution in [-0.2, 0) is 16.6 Å². The summed E-state index contributed by atoms with van der Waals surface area (Å²) in [7, 11) is -3.49. The van der Waals surface area contributed by atoms with Gasteiger partial charge in [-0.05, 0) is 70.2 Å². The van der Waals surface area contributed by atoms with Crippen molar-refractivity contribution < 1.29 is 8.42 Å². The lowest BCUT2D eigenvalue weighted by Crippen LogP contribution is -2.40. The molecule has 0 saturated heterocycles. The number of hydrogen-bond acceptors (Lipinski definition) is 3. The van der Waals surface area contributed by atoms with Crippen molar-refractivity contribution in [3.8, 4) is 0 Å². The molecule has 0 amide bonds. The highest BCUT2D eigenvalue weighted by Crippen LogP contribution is 2.24. The van der Waals surface area contributed by atoms with Crippen LogP contribution in [0.2, 0.25) is 0 Å². The topological polar surface area (TPSA) is 58.2 Å². The molecule has 1 aromatic rings. The fourth-order valence-electron chi connectivity index (χ4n) is 2.35. The van der Waals surface area contributed by atoms with Crippen LogP contribution in [0.4, 0.5) is 0 Å². The van der Waals surface area contributed by atoms with Gasteiger partial charge in [-0.2, -0.15) is 0 Å². The van der Waals surface area contributed by atoms with Gasteiger partial charge in [-0.15, -0.1) is 0 Å². The third kappa shape index (κ3) is 4.53. The van der Waals surface area contributed by atoms with E-state index >= 15 is 0 Å². The van der Waals surface area contributed by atoms with Gasteiger partial charge in [0, 0.05) is 18.1 Å². The third-order valence-electron chi connectivity index (χ3n) is 3.52. The average Bonchev–Trinajstić information content (AvgIpc) is 3.07. The first-order valence-electron chi connectivity index (χ1n) is 7.46. The Morgan fingerprint density at radius 3 is 2.29 bits per heavy atom. The summed E-state index contributed by atoms with van der Waals surface area (Å²) in [4.78, 5) is 0.385. The van der Waals surface area contributed by atoms with Crippen LogP contribution in [0, 0.1) is 13.8 Å². The van der Waals surface area contributed by atoms with Gasteiger partial charge in [0.15, 0.2) is 0 Å². The molecule has 0 spiro atoms. The quantitative estimate of drug-likeness (QED) is 0.879. The van der Waals surface area contributed by atoms with Crippen molar-refractivity contribution in [3.63, 3.8) is 0 Å². The largest absolute Gasteiger partial charge is 0.310 e. The smallest absolute Gasteiger partial charge is 0.241 e. The van der Waals surface area contributed by atoms with E-state index in [-0.39, 0.29) is 0 Å². The van der Waals surface area contributed by atoms with Gasteiger partial charge in [-0.1, -0.05) is 6.07 Å². The highest BCUT2D eigenvalue weighted by molar-refractivity contribution is 7.89. The van der Waals surface area contributed by atoms with Gasteiger partial charge in [0.1, 0.15) is 0 Å². The SMILES string of the molecule is Cc1cc(C)c(S(=O)(=O)NC(C)(C)C)cc1CNC1CC1. The molecular formula is C16H26N2O2S. The van der Waals surface area contributed by atoms with Gasteiger partial charge in [-0.25, -0.2) is 13.1 Å². The monoisotopic (exact) mass is 310 g/mol. The third-order valence-corrected chi connectivity index (χ3v) is 5.42. The van der Waals surface area contributed by atoms with Gasteiger partial charge in [-0.3, -0.25) is 0 Å². The molecule has 5 heteroatoms. The lowest BCUT2D eigenvalue weighted by molar-refractivity contribution is 0.491. The molecule has 2 N–H and O–H groups in total. The minimum Gasteiger partial charge on any atom is -0.310 e. The van der Waals surface area contributed by atoms with Gasteiger partial charge in [0.2, 0.25) is 10.0 Å². The van der Waals surface area contributed by atoms with Crippen LogP contribution in [-0.4, -0.2) is 20.0 Å². The molecule has 0 bridgehead atoms. The summed E-state index contributed by atoms with van der Waals surface area (Å²) < 4.78 is 27.8. The van der Waals surface area contributed by atoms with Crippen molar-refractivity contribution in [3.05, 3.63) is 28.8 Å². The molecule has 1 aromatic carbocycles. The van der Waals surface area contributed by atoms with E-state index in [4.69, 9.17) is 0 Å². The summed E-state index contributed by atoms with van der Waals surface area (Å²) in [6.07, 6.45) is 2.45. The van der Waals surface area contributed by atoms with Crippen LogP contribution >= 0.6 is 0 Å². The zero-order valence-corrected chi connectivity index (χ0v) is 14.4. The fraction of sp³-hybridized carbons (Fsp3) is 0.625. The second-order valence-electron chi connectivity index (χ2n) is 7.05. The Labute approximate surface area is 128 Å². The first kappa shape index (κ1) is 16.5. The molecule has 1 fully saturated rings. The molecule has 1 saturated carbocycles. The van der Waals surface area contributed by atoms with Crippen molar-refractivity contribution in [2.45, 2.75) is 70.5 Å². The molecule has 1 aliphatic carbocycles. The maximum Gasteiger partial charge on any atom is 0.241 e. The lowest BCUT2D eigenvalue weighted by atomic mass is 10.1. The zero-order chi connectivity index (χ0) is 15.8. The second kappa shape index (κ2) is 5.71. The van der Waals surface area contributed by atoms with Crippen LogP contribution in [0.25, 0.3) is 0 Å². The molecule has 0 aromatic heterocycles. The number of rotatable bonds is 5. The number of benzene rings is 1. The molecule has 2 rings (SSSR count). The van der Waals surface area contributed by atoms with E-state index in [0.717, 1.165) is 23.2 Å². The second-order valence-corrected chi connectivity index (χ2v) is 8.71. The molecule has 0 atom stereocenters. The van der Waals surface area contributed by atoms with E-state index in [1.807, 2.05) is 46.8 Å². The zero-order valence-electron chi connectivity index (χ0n) is 13.6. The lowest BCUT2D eigenvalue weighted by Gasteiger charge is -2.22. The Balaban J connectivity index is 2.31. The Kier molecular flexibility index (Phi) is 4.47. The van der Waals surface area contributed by atoms with E-state index < -0.39 is 15.6 Å². The molecule has 1 aliphatic rings. The van der Waals surface area contributed by atoms with Crippen LogP contribution < -0.4 is 10.0 Å². The van der Waals surface area contributed by atoms with Crippen LogP contribution in [0.1, 0.15) is 50.3 Å². The molecular weight excluding hydrogens is 284 g/mol. The van der Waals surface area contributed by atoms with Crippen molar-refractivity contribution in [1.82, 2.24) is 10.0 Å². The standard InChI is InChI=1S/C16H26N2O2S/c1-11-8-12(2)15(21(19,20)18-16(3,4)5)9-13(11)10-17-14-6-7-14/h8-9,14,17-18H,6-7,10H2,1-5H3. The van der Waals surface area contributed by atoms with Gasteiger partial charge in [0.25, 0.3) is 0 Å². The summed E-state index contributed by atoms with van der Waals surface area (Å²) >= 11 is 0. The summed E-state index contributed by atoms with van der Waals surface area (Å²) in [5.74, 6) is 0. The first-order valence-corrected chi connectivity index (χ1v) is 8.94. The van der Waals surface area contributed by atoms with E-state index in [1.54, 1.807) is 0 Å². The maximum atomic E-state index is 12.6. The molecule has 4 nitrogen and oxygen atoms in total. The van der Waals surface area contributed by atoms with E-state index in [9.17, 15) is 8.42 Å². The predicted octanol–water partition coefficient (Wildman–Crippen LogP) is 2.63. The van der Waals surface area contributed by atoms with Crippen LogP contribution in [0.15, 0.2) is 17.0 Å². The van der Waals surface area contributed by atoms with E-state index in [0.29, 0.717) is 10.9 Å². The van der Waals surface area contributed by atoms with Crippen molar-refractivity contribution >= 4 is 10.0 Å². The fourth-order valence-corrected chi connectivity index (χ4v) is 4.05. The van der Waals surface area contributed by atoms with Gasteiger partial charge in [0.05, 0.1) is 4.90 Å². The van der Waals surface area contributed by atoms with Gasteiger partial charge >= 0.3 is 0 Å². The number of sulfonamides is 1. The number of nitrogens with one attached hydrogen (secondary N) is 2. The first-order chi connectivity index (χ1) is 9.58. The summed E-state index contributed by atoms with van der Waals surface area (Å²) in [5.41, 5.74) is 2.50. The molecule has 21 heavy (non-hydrogen) atoms. The van der Waals surface area contributed by atoms with Crippen LogP contribution in [0.5, 0.6) is 0 Å². The van der Waals surface area contributed by atoms with Crippen LogP contribution in [0.3, 0.4) is 0 Å². The Morgan fingerprint density at radius 1 is 1.14 bits per heavy atom. The molecule has 0 aliphatic heterocycles. The molecule has 0 heterocycles. The molecule has 0 radical (unpaired) electrons. The van der Waals surface area contributed by atoms with E-state index in [2.05, 4.69) is 10.0 Å². The maximum absolute atomic E-state index is 12.6. The van der Waals surface area contributed by atoms with Crippen molar-refractivity contribution in [2.24, 2.45) is 0 Å². The van der Waals surface area contributed by atoms with E-state index in [1.165, 1.54) is 12.8 Å².